The molecular weight excluding hydrogens is 238 g/mol. The van der Waals surface area contributed by atoms with Gasteiger partial charge in [-0.25, -0.2) is 0 Å². The summed E-state index contributed by atoms with van der Waals surface area (Å²) >= 11 is 0. The van der Waals surface area contributed by atoms with Gasteiger partial charge in [-0.2, -0.15) is 0 Å². The minimum absolute atomic E-state index is 0.196. The van der Waals surface area contributed by atoms with Crippen LogP contribution in [0.3, 0.4) is 0 Å². The minimum Gasteiger partial charge on any atom is -0.399 e. The second-order valence-corrected chi connectivity index (χ2v) is 5.18. The maximum atomic E-state index is 5.78. The van der Waals surface area contributed by atoms with Gasteiger partial charge in [-0.15, -0.1) is 0 Å². The standard InChI is InChI=1S/C15H21N3O/c1-4-19-15(2,3)10-18-13-7-8-17-14-9-11(16)5-6-12(13)14/h5-9H,4,10,16H2,1-3H3,(H,17,18). The number of nitrogens with zero attached hydrogens (tertiary/aromatic N) is 1. The van der Waals surface area contributed by atoms with Gasteiger partial charge in [-0.1, -0.05) is 0 Å². The van der Waals surface area contributed by atoms with Crippen molar-refractivity contribution in [2.75, 3.05) is 24.2 Å². The zero-order valence-corrected chi connectivity index (χ0v) is 11.7. The van der Waals surface area contributed by atoms with Crippen LogP contribution in [0.1, 0.15) is 20.8 Å². The first kappa shape index (κ1) is 13.6. The number of nitrogen functional groups attached to an aromatic ring is 1. The van der Waals surface area contributed by atoms with E-state index >= 15 is 0 Å². The van der Waals surface area contributed by atoms with Crippen molar-refractivity contribution >= 4 is 22.3 Å². The van der Waals surface area contributed by atoms with Crippen molar-refractivity contribution in [2.24, 2.45) is 0 Å². The van der Waals surface area contributed by atoms with Crippen LogP contribution in [0.15, 0.2) is 30.5 Å². The highest BCUT2D eigenvalue weighted by Gasteiger charge is 2.17. The van der Waals surface area contributed by atoms with E-state index in [1.54, 1.807) is 6.20 Å². The predicted molar refractivity (Wildman–Crippen MR) is 80.4 cm³/mol. The van der Waals surface area contributed by atoms with Crippen molar-refractivity contribution in [1.29, 1.82) is 0 Å². The first-order chi connectivity index (χ1) is 9.02. The average Bonchev–Trinajstić information content (AvgIpc) is 2.36. The molecule has 19 heavy (non-hydrogen) atoms. The van der Waals surface area contributed by atoms with Gasteiger partial charge in [0.25, 0.3) is 0 Å². The van der Waals surface area contributed by atoms with Gasteiger partial charge in [0.05, 0.1) is 11.1 Å². The van der Waals surface area contributed by atoms with Crippen LogP contribution < -0.4 is 11.1 Å². The molecule has 0 atom stereocenters. The Kier molecular flexibility index (Phi) is 3.90. The summed E-state index contributed by atoms with van der Waals surface area (Å²) in [7, 11) is 0. The zero-order valence-electron chi connectivity index (χ0n) is 11.7. The largest absolute Gasteiger partial charge is 0.399 e. The first-order valence-electron chi connectivity index (χ1n) is 6.54. The number of hydrogen-bond donors (Lipinski definition) is 2. The van der Waals surface area contributed by atoms with Crippen LogP contribution in [0.5, 0.6) is 0 Å². The highest BCUT2D eigenvalue weighted by Crippen LogP contribution is 2.24. The number of ether oxygens (including phenoxy) is 1. The summed E-state index contributed by atoms with van der Waals surface area (Å²) in [6.07, 6.45) is 1.79. The summed E-state index contributed by atoms with van der Waals surface area (Å²) in [5.41, 5.74) is 8.26. The lowest BCUT2D eigenvalue weighted by molar-refractivity contribution is 0.000717. The molecule has 1 aromatic carbocycles. The van der Waals surface area contributed by atoms with Crippen molar-refractivity contribution in [3.8, 4) is 0 Å². The Balaban J connectivity index is 2.21. The Bertz CT molecular complexity index is 566. The van der Waals surface area contributed by atoms with Gasteiger partial charge in [0, 0.05) is 36.1 Å². The fourth-order valence-electron chi connectivity index (χ4n) is 2.07. The molecule has 0 amide bonds. The van der Waals surface area contributed by atoms with Crippen molar-refractivity contribution < 1.29 is 4.74 Å². The predicted octanol–water partition coefficient (Wildman–Crippen LogP) is 3.04. The molecule has 1 heterocycles. The number of nitrogens with two attached hydrogens (primary N) is 1. The molecule has 0 saturated heterocycles. The van der Waals surface area contributed by atoms with Crippen LogP contribution in [0.4, 0.5) is 11.4 Å². The Hall–Kier alpha value is -1.81. The summed E-state index contributed by atoms with van der Waals surface area (Å²) in [6, 6.07) is 7.74. The lowest BCUT2D eigenvalue weighted by atomic mass is 10.1. The normalized spacial score (nSPS) is 11.7. The molecule has 3 N–H and O–H groups in total. The number of aromatic nitrogens is 1. The molecule has 102 valence electrons. The van der Waals surface area contributed by atoms with E-state index in [-0.39, 0.29) is 5.60 Å². The molecular formula is C15H21N3O. The minimum atomic E-state index is -0.196. The lowest BCUT2D eigenvalue weighted by Crippen LogP contribution is -2.33. The third kappa shape index (κ3) is 3.35. The topological polar surface area (TPSA) is 60.2 Å². The van der Waals surface area contributed by atoms with Crippen LogP contribution in [-0.4, -0.2) is 23.7 Å². The molecule has 0 spiro atoms. The number of pyridine rings is 1. The molecule has 4 nitrogen and oxygen atoms in total. The van der Waals surface area contributed by atoms with Gasteiger partial charge >= 0.3 is 0 Å². The monoisotopic (exact) mass is 259 g/mol. The van der Waals surface area contributed by atoms with Gasteiger partial charge in [0.2, 0.25) is 0 Å². The number of rotatable bonds is 5. The van der Waals surface area contributed by atoms with Crippen LogP contribution >= 0.6 is 0 Å². The van der Waals surface area contributed by atoms with E-state index in [4.69, 9.17) is 10.5 Å². The molecule has 0 aliphatic rings. The lowest BCUT2D eigenvalue weighted by Gasteiger charge is -2.25. The molecule has 0 fully saturated rings. The van der Waals surface area contributed by atoms with Crippen LogP contribution in [0.2, 0.25) is 0 Å². The van der Waals surface area contributed by atoms with Crippen molar-refractivity contribution in [3.63, 3.8) is 0 Å². The molecule has 2 rings (SSSR count). The van der Waals surface area contributed by atoms with E-state index in [9.17, 15) is 0 Å². The fourth-order valence-corrected chi connectivity index (χ4v) is 2.07. The molecule has 0 aliphatic heterocycles. The summed E-state index contributed by atoms with van der Waals surface area (Å²) in [6.45, 7) is 7.61. The molecule has 0 aliphatic carbocycles. The Morgan fingerprint density at radius 3 is 2.84 bits per heavy atom. The van der Waals surface area contributed by atoms with E-state index < -0.39 is 0 Å². The maximum absolute atomic E-state index is 5.78. The number of nitrogens with one attached hydrogen (secondary N) is 1. The second kappa shape index (κ2) is 5.45. The highest BCUT2D eigenvalue weighted by molar-refractivity contribution is 5.92. The molecule has 2 aromatic rings. The van der Waals surface area contributed by atoms with Crippen LogP contribution in [-0.2, 0) is 4.74 Å². The van der Waals surface area contributed by atoms with Gasteiger partial charge in [0.1, 0.15) is 0 Å². The number of fused-ring (bicyclic) bond motifs is 1. The fraction of sp³-hybridized carbons (Fsp3) is 0.400. The van der Waals surface area contributed by atoms with E-state index in [1.807, 2.05) is 31.2 Å². The third-order valence-electron chi connectivity index (χ3n) is 3.01. The molecule has 0 unspecified atom stereocenters. The maximum Gasteiger partial charge on any atom is 0.0797 e. The zero-order chi connectivity index (χ0) is 13.9. The van der Waals surface area contributed by atoms with Gasteiger partial charge in [0.15, 0.2) is 0 Å². The van der Waals surface area contributed by atoms with E-state index in [2.05, 4.69) is 24.1 Å². The number of benzene rings is 1. The van der Waals surface area contributed by atoms with Gasteiger partial charge in [-0.05, 0) is 45.0 Å². The summed E-state index contributed by atoms with van der Waals surface area (Å²) in [5, 5.41) is 4.50. The Morgan fingerprint density at radius 1 is 1.32 bits per heavy atom. The SMILES string of the molecule is CCOC(C)(C)CNc1ccnc2cc(N)ccc12. The molecule has 0 bridgehead atoms. The first-order valence-corrected chi connectivity index (χ1v) is 6.54. The number of anilines is 2. The average molecular weight is 259 g/mol. The molecule has 0 saturated carbocycles. The Labute approximate surface area is 114 Å². The smallest absolute Gasteiger partial charge is 0.0797 e. The van der Waals surface area contributed by atoms with E-state index in [0.717, 1.165) is 28.8 Å². The summed E-state index contributed by atoms with van der Waals surface area (Å²) in [5.74, 6) is 0. The van der Waals surface area contributed by atoms with Crippen molar-refractivity contribution in [1.82, 2.24) is 4.98 Å². The number of hydrogen-bond acceptors (Lipinski definition) is 4. The van der Waals surface area contributed by atoms with Gasteiger partial charge < -0.3 is 15.8 Å². The highest BCUT2D eigenvalue weighted by atomic mass is 16.5. The quantitative estimate of drug-likeness (QED) is 0.810. The van der Waals surface area contributed by atoms with E-state index in [1.165, 1.54) is 0 Å². The van der Waals surface area contributed by atoms with E-state index in [0.29, 0.717) is 6.61 Å². The van der Waals surface area contributed by atoms with Crippen molar-refractivity contribution in [2.45, 2.75) is 26.4 Å². The van der Waals surface area contributed by atoms with Gasteiger partial charge in [-0.3, -0.25) is 4.98 Å². The molecule has 0 radical (unpaired) electrons. The van der Waals surface area contributed by atoms with Crippen molar-refractivity contribution in [3.05, 3.63) is 30.5 Å². The third-order valence-corrected chi connectivity index (χ3v) is 3.01. The molecule has 4 heteroatoms. The Morgan fingerprint density at radius 2 is 2.11 bits per heavy atom. The van der Waals surface area contributed by atoms with Crippen LogP contribution in [0, 0.1) is 0 Å². The molecule has 1 aromatic heterocycles. The van der Waals surface area contributed by atoms with Crippen LogP contribution in [0.25, 0.3) is 10.9 Å². The summed E-state index contributed by atoms with van der Waals surface area (Å²) < 4.78 is 5.68. The second-order valence-electron chi connectivity index (χ2n) is 5.18. The summed E-state index contributed by atoms with van der Waals surface area (Å²) in [4.78, 5) is 4.33.